The number of rotatable bonds is 5. The number of aliphatic hydroxyl groups is 3. The van der Waals surface area contributed by atoms with Crippen LogP contribution in [-0.2, 0) is 0 Å². The lowest BCUT2D eigenvalue weighted by atomic mass is 10.0. The monoisotopic (exact) mass is 369 g/mol. The van der Waals surface area contributed by atoms with Gasteiger partial charge in [0.15, 0.2) is 0 Å². The molecule has 0 spiro atoms. The van der Waals surface area contributed by atoms with E-state index in [9.17, 15) is 9.18 Å². The fraction of sp³-hybridized carbons (Fsp3) is 0.364. The molecule has 1 aromatic carbocycles. The molecule has 1 amide bonds. The molecule has 1 aromatic rings. The van der Waals surface area contributed by atoms with Crippen molar-refractivity contribution in [1.29, 1.82) is 0 Å². The Labute approximate surface area is 117 Å². The van der Waals surface area contributed by atoms with Crippen molar-refractivity contribution in [1.82, 2.24) is 5.32 Å². The molecule has 18 heavy (non-hydrogen) atoms. The number of halogens is 2. The standard InChI is InChI=1S/C11H13FINO4/c12-7-1-2-8(9(13)3-7)10(18)14-11(4-15,5-16)6-17/h1-3,15-17H,4-6H2,(H,14,18). The Kier molecular flexibility index (Phi) is 5.45. The molecule has 0 unspecified atom stereocenters. The van der Waals surface area contributed by atoms with Crippen LogP contribution in [0.1, 0.15) is 10.4 Å². The molecule has 0 aliphatic carbocycles. The van der Waals surface area contributed by atoms with E-state index in [1.165, 1.54) is 12.1 Å². The van der Waals surface area contributed by atoms with Gasteiger partial charge in [-0.15, -0.1) is 0 Å². The van der Waals surface area contributed by atoms with Crippen LogP contribution in [0.2, 0.25) is 0 Å². The van der Waals surface area contributed by atoms with E-state index in [0.717, 1.165) is 6.07 Å². The molecule has 0 aliphatic rings. The van der Waals surface area contributed by atoms with E-state index < -0.39 is 37.1 Å². The molecule has 7 heteroatoms. The van der Waals surface area contributed by atoms with Crippen molar-refractivity contribution in [3.63, 3.8) is 0 Å². The quantitative estimate of drug-likeness (QED) is 0.545. The molecule has 0 atom stereocenters. The maximum Gasteiger partial charge on any atom is 0.253 e. The number of amides is 1. The molecule has 0 saturated carbocycles. The molecule has 1 rings (SSSR count). The third kappa shape index (κ3) is 3.37. The average Bonchev–Trinajstić information content (AvgIpc) is 2.36. The van der Waals surface area contributed by atoms with Gasteiger partial charge in [-0.3, -0.25) is 4.79 Å². The minimum Gasteiger partial charge on any atom is -0.394 e. The maximum atomic E-state index is 12.9. The van der Waals surface area contributed by atoms with Gasteiger partial charge < -0.3 is 20.6 Å². The summed E-state index contributed by atoms with van der Waals surface area (Å²) in [4.78, 5) is 11.9. The van der Waals surface area contributed by atoms with Crippen molar-refractivity contribution in [2.45, 2.75) is 5.54 Å². The lowest BCUT2D eigenvalue weighted by Crippen LogP contribution is -2.57. The molecule has 0 fully saturated rings. The Balaban J connectivity index is 2.94. The number of aliphatic hydroxyl groups excluding tert-OH is 3. The number of hydrogen-bond acceptors (Lipinski definition) is 4. The van der Waals surface area contributed by atoms with Crippen LogP contribution < -0.4 is 5.32 Å². The van der Waals surface area contributed by atoms with E-state index in [1.807, 2.05) is 0 Å². The first kappa shape index (κ1) is 15.3. The van der Waals surface area contributed by atoms with Crippen molar-refractivity contribution in [3.8, 4) is 0 Å². The van der Waals surface area contributed by atoms with E-state index in [-0.39, 0.29) is 5.56 Å². The Hall–Kier alpha value is -0.770. The SMILES string of the molecule is O=C(NC(CO)(CO)CO)c1ccc(F)cc1I. The predicted molar refractivity (Wildman–Crippen MR) is 70.6 cm³/mol. The highest BCUT2D eigenvalue weighted by atomic mass is 127. The van der Waals surface area contributed by atoms with Crippen LogP contribution in [0.3, 0.4) is 0 Å². The smallest absolute Gasteiger partial charge is 0.253 e. The third-order valence-electron chi connectivity index (χ3n) is 2.46. The van der Waals surface area contributed by atoms with Gasteiger partial charge >= 0.3 is 0 Å². The van der Waals surface area contributed by atoms with Crippen LogP contribution in [0.5, 0.6) is 0 Å². The number of hydrogen-bond donors (Lipinski definition) is 4. The summed E-state index contributed by atoms with van der Waals surface area (Å²) in [6, 6.07) is 3.62. The highest BCUT2D eigenvalue weighted by Gasteiger charge is 2.30. The molecule has 0 saturated heterocycles. The van der Waals surface area contributed by atoms with E-state index in [0.29, 0.717) is 3.57 Å². The topological polar surface area (TPSA) is 89.8 Å². The first-order chi connectivity index (χ1) is 8.48. The van der Waals surface area contributed by atoms with Gasteiger partial charge in [0.25, 0.3) is 5.91 Å². The summed E-state index contributed by atoms with van der Waals surface area (Å²) in [6.07, 6.45) is 0. The van der Waals surface area contributed by atoms with E-state index in [2.05, 4.69) is 5.32 Å². The molecule has 0 aromatic heterocycles. The molecule has 0 bridgehead atoms. The average molecular weight is 369 g/mol. The molecule has 0 aliphatic heterocycles. The molecule has 5 nitrogen and oxygen atoms in total. The lowest BCUT2D eigenvalue weighted by Gasteiger charge is -2.28. The Bertz CT molecular complexity index is 429. The first-order valence-corrected chi connectivity index (χ1v) is 6.16. The van der Waals surface area contributed by atoms with Gasteiger partial charge in [-0.1, -0.05) is 0 Å². The Morgan fingerprint density at radius 1 is 1.28 bits per heavy atom. The number of benzene rings is 1. The lowest BCUT2D eigenvalue weighted by molar-refractivity contribution is 0.0375. The van der Waals surface area contributed by atoms with Crippen molar-refractivity contribution in [2.24, 2.45) is 0 Å². The summed E-state index contributed by atoms with van der Waals surface area (Å²) >= 11 is 1.80. The number of carbonyl (C=O) groups is 1. The van der Waals surface area contributed by atoms with Gasteiger partial charge in [0.1, 0.15) is 11.4 Å². The summed E-state index contributed by atoms with van der Waals surface area (Å²) in [5, 5.41) is 29.6. The molecular formula is C11H13FINO4. The van der Waals surface area contributed by atoms with Crippen LogP contribution in [0.4, 0.5) is 4.39 Å². The Morgan fingerprint density at radius 3 is 2.28 bits per heavy atom. The number of carbonyl (C=O) groups excluding carboxylic acids is 1. The summed E-state index contributed by atoms with van der Waals surface area (Å²) in [5.74, 6) is -1.06. The van der Waals surface area contributed by atoms with Crippen LogP contribution in [0.25, 0.3) is 0 Å². The van der Waals surface area contributed by atoms with Crippen LogP contribution in [0, 0.1) is 9.39 Å². The zero-order chi connectivity index (χ0) is 13.8. The minimum atomic E-state index is -1.49. The summed E-state index contributed by atoms with van der Waals surface area (Å²) < 4.78 is 13.3. The van der Waals surface area contributed by atoms with Gasteiger partial charge in [0.05, 0.1) is 25.4 Å². The first-order valence-electron chi connectivity index (χ1n) is 5.08. The van der Waals surface area contributed by atoms with E-state index >= 15 is 0 Å². The Morgan fingerprint density at radius 2 is 1.83 bits per heavy atom. The second kappa shape index (κ2) is 6.41. The minimum absolute atomic E-state index is 0.205. The van der Waals surface area contributed by atoms with Gasteiger partial charge in [-0.25, -0.2) is 4.39 Å². The highest BCUT2D eigenvalue weighted by molar-refractivity contribution is 14.1. The second-order valence-corrected chi connectivity index (χ2v) is 5.00. The van der Waals surface area contributed by atoms with Crippen LogP contribution >= 0.6 is 22.6 Å². The summed E-state index contributed by atoms with van der Waals surface area (Å²) in [6.45, 7) is -1.82. The summed E-state index contributed by atoms with van der Waals surface area (Å²) in [7, 11) is 0. The van der Waals surface area contributed by atoms with Gasteiger partial charge in [0.2, 0.25) is 0 Å². The van der Waals surface area contributed by atoms with Crippen molar-refractivity contribution < 1.29 is 24.5 Å². The molecular weight excluding hydrogens is 356 g/mol. The fourth-order valence-corrected chi connectivity index (χ4v) is 1.97. The maximum absolute atomic E-state index is 12.9. The van der Waals surface area contributed by atoms with Gasteiger partial charge in [-0.2, -0.15) is 0 Å². The van der Waals surface area contributed by atoms with Gasteiger partial charge in [-0.05, 0) is 40.8 Å². The number of nitrogens with one attached hydrogen (secondary N) is 1. The highest BCUT2D eigenvalue weighted by Crippen LogP contribution is 2.15. The predicted octanol–water partition coefficient (Wildman–Crippen LogP) is -0.124. The molecule has 0 radical (unpaired) electrons. The fourth-order valence-electron chi connectivity index (χ4n) is 1.25. The van der Waals surface area contributed by atoms with E-state index in [4.69, 9.17) is 15.3 Å². The molecule has 4 N–H and O–H groups in total. The van der Waals surface area contributed by atoms with Crippen molar-refractivity contribution >= 4 is 28.5 Å². The van der Waals surface area contributed by atoms with Crippen molar-refractivity contribution in [3.05, 3.63) is 33.1 Å². The zero-order valence-electron chi connectivity index (χ0n) is 9.36. The summed E-state index contributed by atoms with van der Waals surface area (Å²) in [5.41, 5.74) is -1.29. The van der Waals surface area contributed by atoms with Gasteiger partial charge in [0, 0.05) is 3.57 Å². The van der Waals surface area contributed by atoms with Crippen LogP contribution in [-0.4, -0.2) is 46.6 Å². The molecule has 100 valence electrons. The largest absolute Gasteiger partial charge is 0.394 e. The van der Waals surface area contributed by atoms with E-state index in [1.54, 1.807) is 22.6 Å². The third-order valence-corrected chi connectivity index (χ3v) is 3.35. The van der Waals surface area contributed by atoms with Crippen LogP contribution in [0.15, 0.2) is 18.2 Å². The van der Waals surface area contributed by atoms with Crippen molar-refractivity contribution in [2.75, 3.05) is 19.8 Å². The normalized spacial score (nSPS) is 11.4. The zero-order valence-corrected chi connectivity index (χ0v) is 11.5. The molecule has 0 heterocycles. The second-order valence-electron chi connectivity index (χ2n) is 3.83.